The molecular formula is C61H72ClN11O14S. The molecule has 0 radical (unpaired) electrons. The average molecular weight is 1250 g/mol. The van der Waals surface area contributed by atoms with E-state index in [1.165, 1.54) is 23.0 Å². The zero-order valence-electron chi connectivity index (χ0n) is 50.3. The number of esters is 1. The molecule has 1 aliphatic rings. The monoisotopic (exact) mass is 1250 g/mol. The van der Waals surface area contributed by atoms with E-state index in [9.17, 15) is 19.2 Å². The Kier molecular flexibility index (Phi) is 23.1. The van der Waals surface area contributed by atoms with Crippen molar-refractivity contribution in [1.29, 1.82) is 0 Å². The first-order chi connectivity index (χ1) is 42.8. The van der Waals surface area contributed by atoms with E-state index in [4.69, 9.17) is 68.7 Å². The van der Waals surface area contributed by atoms with Crippen LogP contribution in [-0.2, 0) is 54.0 Å². The number of carbonyl (C=O) groups excluding carboxylic acids is 3. The number of benzene rings is 2. The Hall–Kier alpha value is -7.79. The topological polar surface area (TPSA) is 280 Å². The number of hydrogen-bond acceptors (Lipinski definition) is 21. The predicted octanol–water partition coefficient (Wildman–Crippen LogP) is 6.67. The molecule has 468 valence electrons. The summed E-state index contributed by atoms with van der Waals surface area (Å²) >= 11 is 7.54. The van der Waals surface area contributed by atoms with Gasteiger partial charge in [-0.3, -0.25) is 43.0 Å². The van der Waals surface area contributed by atoms with Crippen LogP contribution in [0.25, 0.3) is 38.1 Å². The number of nitrogens with zero attached hydrogens (tertiary/aromatic N) is 9. The Morgan fingerprint density at radius 3 is 1.97 bits per heavy atom. The third-order valence-corrected chi connectivity index (χ3v) is 16.0. The normalized spacial score (nSPS) is 13.3. The van der Waals surface area contributed by atoms with Gasteiger partial charge in [-0.1, -0.05) is 35.0 Å². The highest BCUT2D eigenvalue weighted by atomic mass is 35.5. The Labute approximate surface area is 516 Å². The zero-order chi connectivity index (χ0) is 62.1. The highest BCUT2D eigenvalue weighted by Gasteiger charge is 2.35. The van der Waals surface area contributed by atoms with Gasteiger partial charge < -0.3 is 57.8 Å². The second kappa shape index (κ2) is 31.4. The first kappa shape index (κ1) is 64.7. The Balaban J connectivity index is 0.595. The summed E-state index contributed by atoms with van der Waals surface area (Å²) in [5, 5.41) is 20.6. The minimum Gasteiger partial charge on any atom is -0.496 e. The summed E-state index contributed by atoms with van der Waals surface area (Å²) in [4.78, 5) is 68.6. The van der Waals surface area contributed by atoms with Gasteiger partial charge in [0.15, 0.2) is 5.82 Å². The highest BCUT2D eigenvalue weighted by Crippen LogP contribution is 2.42. The summed E-state index contributed by atoms with van der Waals surface area (Å²) in [5.74, 6) is 1.20. The summed E-state index contributed by atoms with van der Waals surface area (Å²) in [6.07, 6.45) is 3.26. The van der Waals surface area contributed by atoms with Gasteiger partial charge in [-0.25, -0.2) is 4.79 Å². The van der Waals surface area contributed by atoms with E-state index in [0.717, 1.165) is 32.8 Å². The predicted molar refractivity (Wildman–Crippen MR) is 327 cm³/mol. The van der Waals surface area contributed by atoms with Crippen molar-refractivity contribution >= 4 is 68.4 Å². The number of fused-ring (bicyclic) bond motifs is 6. The molecule has 0 unspecified atom stereocenters. The fourth-order valence-corrected chi connectivity index (χ4v) is 11.6. The molecule has 0 bridgehead atoms. The summed E-state index contributed by atoms with van der Waals surface area (Å²) in [6, 6.07) is 15.4. The van der Waals surface area contributed by atoms with Crippen LogP contribution in [0.4, 0.5) is 0 Å². The SMILES string of the molecule is COC(=O)C[C@@H]1N=C(c2ccc(Cl)cc2)c2c(sc(C(=O)NCCOCCOCCOCCOCCOCCOCCOCCNC(=O)Cn3c(=O)n([C@H](C)c4ccccn4)c4c5cc(OC)c(-c6c(C)noc6C)cc5ncc43)c2C)-n2c(C)nnc21. The fraction of sp³-hybridized carbons (Fsp3) is 0.443. The molecule has 2 atom stereocenters. The molecule has 2 N–H and O–H groups in total. The second-order valence-electron chi connectivity index (χ2n) is 20.3. The quantitative estimate of drug-likeness (QED) is 0.0315. The number of aryl methyl sites for hydroxylation is 3. The van der Waals surface area contributed by atoms with E-state index in [-0.39, 0.29) is 56.8 Å². The number of pyridine rings is 2. The lowest BCUT2D eigenvalue weighted by Crippen LogP contribution is -2.35. The van der Waals surface area contributed by atoms with Crippen molar-refractivity contribution in [2.75, 3.05) is 120 Å². The molecule has 1 aliphatic heterocycles. The average Bonchev–Trinajstić information content (AvgIpc) is 1.62. The standard InChI is InChI=1S/C61H72ClN11O14S/c1-37-53-55(42-11-13-43(62)14-12-42)67-48(34-52(75)79-7)58-69-68-41(5)73(58)60(53)88-57(37)59(76)65-17-19-81-21-23-83-25-27-85-29-31-86-30-28-84-26-24-82-22-20-80-18-16-64-51(74)36-71-49-35-66-47-32-45(54-38(2)70-87-40(54)4)50(78-6)33-44(47)56(49)72(61(71)77)39(3)46-10-8-9-15-63-46/h8-15,32-33,35,39,48H,16-31,34,36H2,1-7H3,(H,64,74)(H,65,76)/t39-,48+/m1/s1. The van der Waals surface area contributed by atoms with E-state index in [1.807, 2.05) is 81.7 Å². The summed E-state index contributed by atoms with van der Waals surface area (Å²) < 4.78 is 60.7. The van der Waals surface area contributed by atoms with Gasteiger partial charge in [0.2, 0.25) is 5.91 Å². The first-order valence-corrected chi connectivity index (χ1v) is 30.0. The van der Waals surface area contributed by atoms with Crippen molar-refractivity contribution in [2.45, 2.75) is 59.7 Å². The van der Waals surface area contributed by atoms with Gasteiger partial charge in [-0.15, -0.1) is 21.5 Å². The zero-order valence-corrected chi connectivity index (χ0v) is 51.8. The molecule has 0 spiro atoms. The summed E-state index contributed by atoms with van der Waals surface area (Å²) in [6.45, 7) is 14.6. The molecular weight excluding hydrogens is 1180 g/mol. The smallest absolute Gasteiger partial charge is 0.330 e. The molecule has 25 nitrogen and oxygen atoms in total. The lowest BCUT2D eigenvalue weighted by molar-refractivity contribution is -0.141. The number of aromatic nitrogens is 8. The van der Waals surface area contributed by atoms with Crippen molar-refractivity contribution < 1.29 is 61.5 Å². The number of aliphatic imine (C=N–C) groups is 1. The lowest BCUT2D eigenvalue weighted by Gasteiger charge is -2.15. The van der Waals surface area contributed by atoms with Crippen LogP contribution in [0.1, 0.15) is 80.6 Å². The minimum atomic E-state index is -0.673. The van der Waals surface area contributed by atoms with Gasteiger partial charge in [0.05, 0.1) is 169 Å². The molecule has 6 aromatic heterocycles. The number of imidazole rings is 1. The molecule has 2 amide bonds. The Bertz CT molecular complexity index is 3750. The molecule has 0 fully saturated rings. The number of methoxy groups -OCH3 is 2. The second-order valence-corrected chi connectivity index (χ2v) is 21.7. The number of carbonyl (C=O) groups is 3. The summed E-state index contributed by atoms with van der Waals surface area (Å²) in [5.41, 5.74) is 7.12. The maximum atomic E-state index is 14.3. The molecule has 0 aliphatic carbocycles. The highest BCUT2D eigenvalue weighted by molar-refractivity contribution is 7.17. The van der Waals surface area contributed by atoms with Gasteiger partial charge in [-0.2, -0.15) is 0 Å². The minimum absolute atomic E-state index is 0.0401. The third kappa shape index (κ3) is 15.5. The fourth-order valence-electron chi connectivity index (χ4n) is 10.2. The van der Waals surface area contributed by atoms with Crippen LogP contribution < -0.4 is 21.1 Å². The van der Waals surface area contributed by atoms with E-state index >= 15 is 0 Å². The van der Waals surface area contributed by atoms with Gasteiger partial charge in [0, 0.05) is 46.4 Å². The maximum absolute atomic E-state index is 14.3. The van der Waals surface area contributed by atoms with Crippen molar-refractivity contribution in [3.8, 4) is 21.9 Å². The molecule has 0 saturated carbocycles. The largest absolute Gasteiger partial charge is 0.496 e. The van der Waals surface area contributed by atoms with Crippen molar-refractivity contribution in [1.82, 2.24) is 49.7 Å². The molecule has 7 heterocycles. The third-order valence-electron chi connectivity index (χ3n) is 14.5. The molecule has 0 saturated heterocycles. The molecule has 88 heavy (non-hydrogen) atoms. The van der Waals surface area contributed by atoms with Gasteiger partial charge in [0.1, 0.15) is 34.9 Å². The molecule has 9 rings (SSSR count). The number of thiophene rings is 1. The van der Waals surface area contributed by atoms with Gasteiger partial charge in [0.25, 0.3) is 5.91 Å². The van der Waals surface area contributed by atoms with E-state index < -0.39 is 18.1 Å². The number of hydrogen-bond donors (Lipinski definition) is 2. The molecule has 27 heteroatoms. The van der Waals surface area contributed by atoms with Crippen LogP contribution in [-0.4, -0.2) is 182 Å². The van der Waals surface area contributed by atoms with Gasteiger partial charge in [-0.05, 0) is 76.6 Å². The van der Waals surface area contributed by atoms with E-state index in [2.05, 4.69) is 31.0 Å². The van der Waals surface area contributed by atoms with Crippen molar-refractivity contribution in [2.24, 2.45) is 4.99 Å². The number of halogens is 1. The maximum Gasteiger partial charge on any atom is 0.330 e. The Morgan fingerprint density at radius 1 is 0.761 bits per heavy atom. The van der Waals surface area contributed by atoms with E-state index in [1.54, 1.807) is 36.2 Å². The lowest BCUT2D eigenvalue weighted by atomic mass is 9.99. The van der Waals surface area contributed by atoms with Crippen LogP contribution in [0.3, 0.4) is 0 Å². The van der Waals surface area contributed by atoms with Crippen LogP contribution in [0.2, 0.25) is 5.02 Å². The number of nitrogens with one attached hydrogen (secondary N) is 2. The van der Waals surface area contributed by atoms with Crippen LogP contribution in [0, 0.1) is 27.7 Å². The van der Waals surface area contributed by atoms with E-state index in [0.29, 0.717) is 151 Å². The molecule has 8 aromatic rings. The van der Waals surface area contributed by atoms with Gasteiger partial charge >= 0.3 is 11.7 Å². The van der Waals surface area contributed by atoms with Crippen molar-refractivity contribution in [3.05, 3.63) is 133 Å². The molecule has 2 aromatic carbocycles. The Morgan fingerprint density at radius 2 is 1.39 bits per heavy atom. The van der Waals surface area contributed by atoms with Crippen LogP contribution in [0.15, 0.2) is 81.3 Å². The number of amides is 2. The van der Waals surface area contributed by atoms with Crippen LogP contribution in [0.5, 0.6) is 5.75 Å². The van der Waals surface area contributed by atoms with Crippen LogP contribution >= 0.6 is 22.9 Å². The summed E-state index contributed by atoms with van der Waals surface area (Å²) in [7, 11) is 2.91. The first-order valence-electron chi connectivity index (χ1n) is 28.8. The number of rotatable bonds is 34. The number of ether oxygens (including phenoxy) is 9. The van der Waals surface area contributed by atoms with Crippen molar-refractivity contribution in [3.63, 3.8) is 0 Å².